The van der Waals surface area contributed by atoms with Crippen molar-refractivity contribution in [2.45, 2.75) is 50.7 Å². The summed E-state index contributed by atoms with van der Waals surface area (Å²) in [4.78, 5) is 15.4. The van der Waals surface area contributed by atoms with E-state index in [1.807, 2.05) is 13.0 Å². The second-order valence-corrected chi connectivity index (χ2v) is 9.24. The van der Waals surface area contributed by atoms with Gasteiger partial charge >= 0.3 is 29.6 Å². The van der Waals surface area contributed by atoms with E-state index in [-0.39, 0.29) is 41.8 Å². The van der Waals surface area contributed by atoms with Crippen LogP contribution in [0.25, 0.3) is 27.4 Å². The number of aryl methyl sites for hydroxylation is 1. The van der Waals surface area contributed by atoms with Crippen LogP contribution in [0.3, 0.4) is 0 Å². The maximum absolute atomic E-state index is 13.6. The average Bonchev–Trinajstić information content (AvgIpc) is 3.46. The van der Waals surface area contributed by atoms with Crippen molar-refractivity contribution in [1.29, 1.82) is 0 Å². The molecular weight excluding hydrogens is 440 g/mol. The number of aromatic nitrogens is 1. The summed E-state index contributed by atoms with van der Waals surface area (Å²) in [7, 11) is 0. The number of nitrogens with zero attached hydrogens (tertiary/aromatic N) is 1. The molecule has 0 amide bonds. The van der Waals surface area contributed by atoms with Gasteiger partial charge in [0.15, 0.2) is 0 Å². The van der Waals surface area contributed by atoms with E-state index in [1.54, 1.807) is 29.5 Å². The molecule has 5 nitrogen and oxygen atoms in total. The topological polar surface area (TPSA) is 93.5 Å². The molecule has 8 heteroatoms. The number of aliphatic hydroxyl groups is 2. The zero-order valence-electron chi connectivity index (χ0n) is 18.0. The molecule has 2 atom stereocenters. The van der Waals surface area contributed by atoms with Crippen LogP contribution in [-0.4, -0.2) is 33.4 Å². The van der Waals surface area contributed by atoms with Crippen molar-refractivity contribution >= 4 is 33.6 Å². The van der Waals surface area contributed by atoms with Gasteiger partial charge in [-0.25, -0.2) is 9.37 Å². The van der Waals surface area contributed by atoms with Crippen molar-refractivity contribution in [3.8, 4) is 11.1 Å². The van der Waals surface area contributed by atoms with Gasteiger partial charge in [0.25, 0.3) is 0 Å². The molecular formula is C24H23FNNaO4S. The second-order valence-electron chi connectivity index (χ2n) is 8.01. The molecule has 4 rings (SSSR count). The molecule has 1 saturated carbocycles. The van der Waals surface area contributed by atoms with Crippen LogP contribution in [0.5, 0.6) is 0 Å². The molecule has 32 heavy (non-hydrogen) atoms. The molecule has 162 valence electrons. The molecule has 1 heterocycles. The Balaban J connectivity index is 0.00000289. The Kier molecular flexibility index (Phi) is 8.25. The van der Waals surface area contributed by atoms with Crippen LogP contribution in [0.15, 0.2) is 36.4 Å². The van der Waals surface area contributed by atoms with Crippen LogP contribution in [0.4, 0.5) is 4.39 Å². The molecule has 0 aliphatic heterocycles. The fourth-order valence-electron chi connectivity index (χ4n) is 3.87. The molecule has 0 spiro atoms. The van der Waals surface area contributed by atoms with Gasteiger partial charge in [-0.3, -0.25) is 0 Å². The average molecular weight is 464 g/mol. The SMILES string of the molecule is Cc1nc2c(-c3ccc(F)cc3)c(/C=C/[C@@H](O)C[C@@H](O)CC(=O)[O-])c(C3CC3)cc2s1.[Na+]. The smallest absolute Gasteiger partial charge is 0.550 e. The Labute approximate surface area is 211 Å². The van der Waals surface area contributed by atoms with Crippen LogP contribution >= 0.6 is 11.3 Å². The summed E-state index contributed by atoms with van der Waals surface area (Å²) in [5.41, 5.74) is 4.65. The number of fused-ring (bicyclic) bond motifs is 1. The van der Waals surface area contributed by atoms with Crippen molar-refractivity contribution < 1.29 is 54.1 Å². The van der Waals surface area contributed by atoms with Gasteiger partial charge in [-0.2, -0.15) is 0 Å². The minimum atomic E-state index is -1.36. The number of rotatable bonds is 8. The van der Waals surface area contributed by atoms with E-state index in [1.165, 1.54) is 12.1 Å². The van der Waals surface area contributed by atoms with Crippen molar-refractivity contribution in [1.82, 2.24) is 4.98 Å². The number of halogens is 1. The zero-order chi connectivity index (χ0) is 22.1. The number of carboxylic acids is 1. The molecule has 2 N–H and O–H groups in total. The fourth-order valence-corrected chi connectivity index (χ4v) is 4.76. The summed E-state index contributed by atoms with van der Waals surface area (Å²) in [5, 5.41) is 31.7. The Morgan fingerprint density at radius 2 is 2.00 bits per heavy atom. The number of hydrogen-bond acceptors (Lipinski definition) is 6. The van der Waals surface area contributed by atoms with Crippen molar-refractivity contribution in [2.75, 3.05) is 0 Å². The number of aliphatic hydroxyl groups excluding tert-OH is 2. The molecule has 1 aliphatic rings. The third-order valence-corrected chi connectivity index (χ3v) is 6.33. The maximum atomic E-state index is 13.6. The third kappa shape index (κ3) is 5.84. The molecule has 0 unspecified atom stereocenters. The number of benzene rings is 2. The summed E-state index contributed by atoms with van der Waals surface area (Å²) >= 11 is 1.62. The first kappa shape index (κ1) is 25.0. The van der Waals surface area contributed by atoms with Gasteiger partial charge < -0.3 is 20.1 Å². The first-order chi connectivity index (χ1) is 14.8. The fraction of sp³-hybridized carbons (Fsp3) is 0.333. The standard InChI is InChI=1S/C24H24FNO4S.Na/c1-13-26-24-21(31-13)12-20(14-2-3-14)19(23(24)15-4-6-16(25)7-5-15)9-8-17(27)10-18(28)11-22(29)30;/h4-9,12,14,17-18,27-28H,2-3,10-11H2,1H3,(H,29,30);/q;+1/p-1/b9-8+;/t17-,18-;/m1./s1. The minimum Gasteiger partial charge on any atom is -0.550 e. The molecule has 0 bridgehead atoms. The molecule has 2 aromatic carbocycles. The number of aliphatic carboxylic acids is 1. The van der Waals surface area contributed by atoms with E-state index < -0.39 is 24.6 Å². The monoisotopic (exact) mass is 463 g/mol. The van der Waals surface area contributed by atoms with Gasteiger partial charge in [-0.15, -0.1) is 11.3 Å². The molecule has 1 aliphatic carbocycles. The Bertz CT molecular complexity index is 1140. The van der Waals surface area contributed by atoms with Gasteiger partial charge in [-0.05, 0) is 60.6 Å². The van der Waals surface area contributed by atoms with Crippen LogP contribution < -0.4 is 34.7 Å². The molecule has 1 fully saturated rings. The number of thiazole rings is 1. The predicted octanol–water partition coefficient (Wildman–Crippen LogP) is 0.557. The quantitative estimate of drug-likeness (QED) is 0.476. The molecule has 3 aromatic rings. The maximum Gasteiger partial charge on any atom is 1.00 e. The summed E-state index contributed by atoms with van der Waals surface area (Å²) in [6.45, 7) is 1.95. The first-order valence-electron chi connectivity index (χ1n) is 10.3. The Morgan fingerprint density at radius 3 is 2.62 bits per heavy atom. The Morgan fingerprint density at radius 1 is 1.31 bits per heavy atom. The third-order valence-electron chi connectivity index (χ3n) is 5.42. The van der Waals surface area contributed by atoms with Crippen molar-refractivity contribution in [2.24, 2.45) is 0 Å². The van der Waals surface area contributed by atoms with Gasteiger partial charge in [0.2, 0.25) is 0 Å². The number of hydrogen-bond donors (Lipinski definition) is 2. The van der Waals surface area contributed by atoms with Crippen molar-refractivity contribution in [3.63, 3.8) is 0 Å². The van der Waals surface area contributed by atoms with Crippen LogP contribution in [0, 0.1) is 12.7 Å². The van der Waals surface area contributed by atoms with Crippen molar-refractivity contribution in [3.05, 3.63) is 58.4 Å². The summed E-state index contributed by atoms with van der Waals surface area (Å²) in [6, 6.07) is 8.45. The van der Waals surface area contributed by atoms with Gasteiger partial charge in [0.1, 0.15) is 5.82 Å². The normalized spacial score (nSPS) is 15.6. The van der Waals surface area contributed by atoms with Crippen LogP contribution in [0.1, 0.15) is 47.7 Å². The van der Waals surface area contributed by atoms with E-state index >= 15 is 0 Å². The van der Waals surface area contributed by atoms with Gasteiger partial charge in [-0.1, -0.05) is 24.3 Å². The van der Waals surface area contributed by atoms with Crippen LogP contribution in [0.2, 0.25) is 0 Å². The van der Waals surface area contributed by atoms with E-state index in [0.717, 1.165) is 50.3 Å². The summed E-state index contributed by atoms with van der Waals surface area (Å²) in [6.07, 6.45) is 2.72. The van der Waals surface area contributed by atoms with E-state index in [9.17, 15) is 24.5 Å². The second kappa shape index (κ2) is 10.5. The summed E-state index contributed by atoms with van der Waals surface area (Å²) in [5.74, 6) is -1.25. The predicted molar refractivity (Wildman–Crippen MR) is 117 cm³/mol. The van der Waals surface area contributed by atoms with Crippen LogP contribution in [-0.2, 0) is 4.79 Å². The summed E-state index contributed by atoms with van der Waals surface area (Å²) < 4.78 is 14.6. The number of carbonyl (C=O) groups excluding carboxylic acids is 1. The molecule has 1 aromatic heterocycles. The van der Waals surface area contributed by atoms with Gasteiger partial charge in [0, 0.05) is 24.4 Å². The zero-order valence-corrected chi connectivity index (χ0v) is 20.9. The largest absolute Gasteiger partial charge is 1.00 e. The number of carboxylic acid groups (broad SMARTS) is 1. The van der Waals surface area contributed by atoms with E-state index in [0.29, 0.717) is 5.92 Å². The minimum absolute atomic E-state index is 0. The Hall–Kier alpha value is -1.61. The van der Waals surface area contributed by atoms with E-state index in [4.69, 9.17) is 4.98 Å². The first-order valence-corrected chi connectivity index (χ1v) is 11.1. The molecule has 0 radical (unpaired) electrons. The van der Waals surface area contributed by atoms with Gasteiger partial charge in [0.05, 0.1) is 27.4 Å². The molecule has 0 saturated heterocycles. The van der Waals surface area contributed by atoms with E-state index in [2.05, 4.69) is 6.07 Å². The number of carbonyl (C=O) groups is 1.